The van der Waals surface area contributed by atoms with Crippen LogP contribution in [0, 0.1) is 11.3 Å². The first-order chi connectivity index (χ1) is 11.0. The fourth-order valence-electron chi connectivity index (χ4n) is 2.96. The van der Waals surface area contributed by atoms with Crippen LogP contribution in [0.4, 0.5) is 0 Å². The zero-order valence-corrected chi connectivity index (χ0v) is 14.3. The molecule has 1 aliphatic carbocycles. The van der Waals surface area contributed by atoms with Gasteiger partial charge in [0.1, 0.15) is 5.56 Å². The van der Waals surface area contributed by atoms with Gasteiger partial charge in [0.2, 0.25) is 0 Å². The SMILES string of the molecule is CC(CN(C)C(=O)c1cc2c([nH]c1=O)CC(C)(C)CC2=O)C(=O)O. The molecule has 0 saturated carbocycles. The lowest BCUT2D eigenvalue weighted by Crippen LogP contribution is -2.38. The zero-order valence-electron chi connectivity index (χ0n) is 14.3. The van der Waals surface area contributed by atoms with Crippen molar-refractivity contribution in [2.75, 3.05) is 13.6 Å². The lowest BCUT2D eigenvalue weighted by atomic mass is 9.75. The smallest absolute Gasteiger partial charge is 0.308 e. The molecule has 1 aromatic heterocycles. The number of Topliss-reactive ketones (excluding diaryl/α,β-unsaturated/α-hetero) is 1. The van der Waals surface area contributed by atoms with E-state index in [0.717, 1.165) is 0 Å². The molecule has 1 aromatic rings. The Morgan fingerprint density at radius 2 is 1.96 bits per heavy atom. The van der Waals surface area contributed by atoms with Gasteiger partial charge < -0.3 is 15.0 Å². The normalized spacial score (nSPS) is 17.1. The number of carbonyl (C=O) groups excluding carboxylic acids is 2. The molecule has 130 valence electrons. The quantitative estimate of drug-likeness (QED) is 0.863. The minimum absolute atomic E-state index is 0.0222. The van der Waals surface area contributed by atoms with Gasteiger partial charge in [-0.3, -0.25) is 19.2 Å². The number of carboxylic acid groups (broad SMARTS) is 1. The molecular weight excluding hydrogens is 312 g/mol. The number of carbonyl (C=O) groups is 3. The number of aromatic nitrogens is 1. The van der Waals surface area contributed by atoms with Crippen LogP contribution in [0.5, 0.6) is 0 Å². The van der Waals surface area contributed by atoms with Gasteiger partial charge in [0.05, 0.1) is 5.92 Å². The summed E-state index contributed by atoms with van der Waals surface area (Å²) in [6.07, 6.45) is 0.912. The van der Waals surface area contributed by atoms with E-state index in [2.05, 4.69) is 4.98 Å². The molecular formula is C17H22N2O5. The van der Waals surface area contributed by atoms with Crippen molar-refractivity contribution in [3.05, 3.63) is 33.2 Å². The molecule has 1 unspecified atom stereocenters. The summed E-state index contributed by atoms with van der Waals surface area (Å²) in [4.78, 5) is 51.7. The summed E-state index contributed by atoms with van der Waals surface area (Å²) in [7, 11) is 1.44. The van der Waals surface area contributed by atoms with Crippen LogP contribution in [-0.4, -0.2) is 46.2 Å². The highest BCUT2D eigenvalue weighted by Crippen LogP contribution is 2.33. The molecule has 2 N–H and O–H groups in total. The Bertz CT molecular complexity index is 763. The second kappa shape index (κ2) is 6.22. The molecule has 0 saturated heterocycles. The second-order valence-corrected chi connectivity index (χ2v) is 7.27. The summed E-state index contributed by atoms with van der Waals surface area (Å²) < 4.78 is 0. The molecule has 0 bridgehead atoms. The Kier molecular flexibility index (Phi) is 4.64. The highest BCUT2D eigenvalue weighted by atomic mass is 16.4. The lowest BCUT2D eigenvalue weighted by molar-refractivity contribution is -0.141. The molecule has 7 heteroatoms. The number of ketones is 1. The number of hydrogen-bond donors (Lipinski definition) is 2. The van der Waals surface area contributed by atoms with Gasteiger partial charge in [0.25, 0.3) is 11.5 Å². The minimum Gasteiger partial charge on any atom is -0.481 e. The molecule has 24 heavy (non-hydrogen) atoms. The third-order valence-electron chi connectivity index (χ3n) is 4.26. The first-order valence-corrected chi connectivity index (χ1v) is 7.79. The fraction of sp³-hybridized carbons (Fsp3) is 0.529. The Morgan fingerprint density at radius 3 is 2.54 bits per heavy atom. The molecule has 1 atom stereocenters. The van der Waals surface area contributed by atoms with Crippen LogP contribution in [0.25, 0.3) is 0 Å². The molecule has 0 radical (unpaired) electrons. The van der Waals surface area contributed by atoms with Gasteiger partial charge >= 0.3 is 5.97 Å². The predicted molar refractivity (Wildman–Crippen MR) is 87.3 cm³/mol. The van der Waals surface area contributed by atoms with Crippen molar-refractivity contribution in [3.63, 3.8) is 0 Å². The third-order valence-corrected chi connectivity index (χ3v) is 4.26. The number of aliphatic carboxylic acids is 1. The predicted octanol–water partition coefficient (Wildman–Crippen LogP) is 1.32. The third kappa shape index (κ3) is 3.55. The Labute approximate surface area is 139 Å². The van der Waals surface area contributed by atoms with Crippen LogP contribution in [0.1, 0.15) is 53.6 Å². The van der Waals surface area contributed by atoms with Crippen LogP contribution >= 0.6 is 0 Å². The topological polar surface area (TPSA) is 108 Å². The van der Waals surface area contributed by atoms with Crippen LogP contribution < -0.4 is 5.56 Å². The zero-order chi connectivity index (χ0) is 18.2. The van der Waals surface area contributed by atoms with Gasteiger partial charge in [-0.05, 0) is 17.9 Å². The van der Waals surface area contributed by atoms with Crippen molar-refractivity contribution in [2.45, 2.75) is 33.6 Å². The number of carboxylic acids is 1. The number of pyridine rings is 1. The maximum atomic E-state index is 12.4. The van der Waals surface area contributed by atoms with Crippen molar-refractivity contribution in [1.29, 1.82) is 0 Å². The van der Waals surface area contributed by atoms with E-state index in [9.17, 15) is 19.2 Å². The van der Waals surface area contributed by atoms with Gasteiger partial charge in [-0.1, -0.05) is 20.8 Å². The number of nitrogens with one attached hydrogen (secondary N) is 1. The van der Waals surface area contributed by atoms with E-state index in [-0.39, 0.29) is 23.3 Å². The average molecular weight is 334 g/mol. The first kappa shape index (κ1) is 17.9. The van der Waals surface area contributed by atoms with Gasteiger partial charge in [-0.25, -0.2) is 0 Å². The van der Waals surface area contributed by atoms with E-state index < -0.39 is 23.4 Å². The highest BCUT2D eigenvalue weighted by molar-refractivity contribution is 6.02. The van der Waals surface area contributed by atoms with Crippen LogP contribution in [-0.2, 0) is 11.2 Å². The van der Waals surface area contributed by atoms with Gasteiger partial charge in [0, 0.05) is 31.3 Å². The molecule has 1 heterocycles. The van der Waals surface area contributed by atoms with Crippen molar-refractivity contribution < 1.29 is 19.5 Å². The summed E-state index contributed by atoms with van der Waals surface area (Å²) in [5, 5.41) is 8.93. The number of aromatic amines is 1. The van der Waals surface area contributed by atoms with Crippen molar-refractivity contribution in [3.8, 4) is 0 Å². The Morgan fingerprint density at radius 1 is 1.33 bits per heavy atom. The number of nitrogens with zero attached hydrogens (tertiary/aromatic N) is 1. The van der Waals surface area contributed by atoms with Crippen molar-refractivity contribution in [1.82, 2.24) is 9.88 Å². The Hall–Kier alpha value is -2.44. The second-order valence-electron chi connectivity index (χ2n) is 7.27. The van der Waals surface area contributed by atoms with Crippen molar-refractivity contribution in [2.24, 2.45) is 11.3 Å². The first-order valence-electron chi connectivity index (χ1n) is 7.79. The number of fused-ring (bicyclic) bond motifs is 1. The molecule has 0 aromatic carbocycles. The van der Waals surface area contributed by atoms with Gasteiger partial charge in [-0.15, -0.1) is 0 Å². The van der Waals surface area contributed by atoms with E-state index in [1.807, 2.05) is 13.8 Å². The number of H-pyrrole nitrogens is 1. The van der Waals surface area contributed by atoms with E-state index >= 15 is 0 Å². The maximum absolute atomic E-state index is 12.4. The minimum atomic E-state index is -1.02. The summed E-state index contributed by atoms with van der Waals surface area (Å²) in [6.45, 7) is 5.36. The maximum Gasteiger partial charge on any atom is 0.308 e. The van der Waals surface area contributed by atoms with E-state index in [1.165, 1.54) is 24.9 Å². The van der Waals surface area contributed by atoms with Crippen LogP contribution in [0.2, 0.25) is 0 Å². The summed E-state index contributed by atoms with van der Waals surface area (Å²) in [5.74, 6) is -2.47. The van der Waals surface area contributed by atoms with E-state index in [1.54, 1.807) is 0 Å². The van der Waals surface area contributed by atoms with Crippen LogP contribution in [0.3, 0.4) is 0 Å². The number of amides is 1. The van der Waals surface area contributed by atoms with Gasteiger partial charge in [-0.2, -0.15) is 0 Å². The molecule has 2 rings (SSSR count). The Balaban J connectivity index is 2.34. The average Bonchev–Trinajstić information content (AvgIpc) is 2.44. The molecule has 1 amide bonds. The van der Waals surface area contributed by atoms with E-state index in [0.29, 0.717) is 24.1 Å². The number of rotatable bonds is 4. The van der Waals surface area contributed by atoms with E-state index in [4.69, 9.17) is 5.11 Å². The standard InChI is InChI=1S/C17H22N2O5/c1-9(16(23)24)8-19(4)15(22)11-5-10-12(18-14(11)21)6-17(2,3)7-13(10)20/h5,9H,6-8H2,1-4H3,(H,18,21)(H,23,24). The molecule has 0 spiro atoms. The lowest BCUT2D eigenvalue weighted by Gasteiger charge is -2.30. The highest BCUT2D eigenvalue weighted by Gasteiger charge is 2.33. The van der Waals surface area contributed by atoms with Crippen molar-refractivity contribution >= 4 is 17.7 Å². The van der Waals surface area contributed by atoms with Gasteiger partial charge in [0.15, 0.2) is 5.78 Å². The molecule has 0 aliphatic heterocycles. The molecule has 7 nitrogen and oxygen atoms in total. The molecule has 1 aliphatic rings. The fourth-order valence-corrected chi connectivity index (χ4v) is 2.96. The number of hydrogen-bond acceptors (Lipinski definition) is 4. The summed E-state index contributed by atoms with van der Waals surface area (Å²) >= 11 is 0. The summed E-state index contributed by atoms with van der Waals surface area (Å²) in [5.41, 5.74) is 0.00370. The molecule has 0 fully saturated rings. The van der Waals surface area contributed by atoms with Crippen LogP contribution in [0.15, 0.2) is 10.9 Å². The largest absolute Gasteiger partial charge is 0.481 e. The monoisotopic (exact) mass is 334 g/mol. The summed E-state index contributed by atoms with van der Waals surface area (Å²) in [6, 6.07) is 1.34.